The van der Waals surface area contributed by atoms with E-state index >= 15 is 0 Å². The van der Waals surface area contributed by atoms with E-state index in [2.05, 4.69) is 10.6 Å². The van der Waals surface area contributed by atoms with Crippen molar-refractivity contribution in [2.45, 2.75) is 32.6 Å². The molecule has 0 aliphatic heterocycles. The van der Waals surface area contributed by atoms with E-state index in [1.54, 1.807) is 7.11 Å². The number of aryl methyl sites for hydroxylation is 1. The number of ether oxygens (including phenoxy) is 1. The first-order valence-corrected chi connectivity index (χ1v) is 9.38. The third-order valence-electron chi connectivity index (χ3n) is 5.12. The quantitative estimate of drug-likeness (QED) is 0.825. The minimum absolute atomic E-state index is 0.000757. The number of hydrogen-bond acceptors (Lipinski definition) is 3. The number of para-hydroxylation sites is 1. The van der Waals surface area contributed by atoms with E-state index in [-0.39, 0.29) is 23.7 Å². The van der Waals surface area contributed by atoms with Crippen LogP contribution < -0.4 is 15.4 Å². The van der Waals surface area contributed by atoms with Crippen molar-refractivity contribution in [3.63, 3.8) is 0 Å². The van der Waals surface area contributed by atoms with Crippen LogP contribution in [0.5, 0.6) is 5.75 Å². The molecular formula is C22H26N2O3. The fourth-order valence-corrected chi connectivity index (χ4v) is 3.54. The molecule has 0 radical (unpaired) electrons. The molecule has 5 heteroatoms. The highest BCUT2D eigenvalue weighted by atomic mass is 16.5. The number of rotatable bonds is 5. The fraction of sp³-hybridized carbons (Fsp3) is 0.364. The zero-order valence-electron chi connectivity index (χ0n) is 15.8. The van der Waals surface area contributed by atoms with Gasteiger partial charge in [-0.25, -0.2) is 0 Å². The van der Waals surface area contributed by atoms with Crippen molar-refractivity contribution < 1.29 is 14.3 Å². The topological polar surface area (TPSA) is 67.4 Å². The van der Waals surface area contributed by atoms with E-state index < -0.39 is 0 Å². The molecule has 27 heavy (non-hydrogen) atoms. The van der Waals surface area contributed by atoms with Gasteiger partial charge in [-0.05, 0) is 62.4 Å². The van der Waals surface area contributed by atoms with Crippen molar-refractivity contribution in [3.8, 4) is 5.75 Å². The van der Waals surface area contributed by atoms with Crippen molar-refractivity contribution in [1.82, 2.24) is 0 Å². The van der Waals surface area contributed by atoms with Gasteiger partial charge in [-0.1, -0.05) is 24.3 Å². The summed E-state index contributed by atoms with van der Waals surface area (Å²) in [5.41, 5.74) is 2.58. The third kappa shape index (κ3) is 4.88. The summed E-state index contributed by atoms with van der Waals surface area (Å²) in [6.07, 6.45) is 2.88. The minimum Gasteiger partial charge on any atom is -0.495 e. The van der Waals surface area contributed by atoms with Gasteiger partial charge in [0.1, 0.15) is 5.75 Å². The van der Waals surface area contributed by atoms with Crippen molar-refractivity contribution in [3.05, 3.63) is 54.1 Å². The highest BCUT2D eigenvalue weighted by Gasteiger charge is 2.30. The number of methoxy groups -OCH3 is 1. The molecule has 5 nitrogen and oxygen atoms in total. The highest BCUT2D eigenvalue weighted by Crippen LogP contribution is 2.32. The molecule has 0 saturated heterocycles. The van der Waals surface area contributed by atoms with Crippen molar-refractivity contribution >= 4 is 23.2 Å². The molecule has 3 rings (SSSR count). The molecule has 0 spiro atoms. The number of carbonyl (C=O) groups is 2. The molecule has 0 aromatic heterocycles. The SMILES string of the molecule is COc1ccc(C)cc1NC(=O)C1CCC(C(=O)Nc2ccccc2)CC1. The molecule has 1 saturated carbocycles. The van der Waals surface area contributed by atoms with Gasteiger partial charge in [0.15, 0.2) is 0 Å². The van der Waals surface area contributed by atoms with Crippen molar-refractivity contribution in [2.24, 2.45) is 11.8 Å². The number of benzene rings is 2. The van der Waals surface area contributed by atoms with E-state index in [1.165, 1.54) is 0 Å². The first kappa shape index (κ1) is 19.0. The predicted molar refractivity (Wildman–Crippen MR) is 107 cm³/mol. The van der Waals surface area contributed by atoms with Gasteiger partial charge in [0.2, 0.25) is 11.8 Å². The summed E-state index contributed by atoms with van der Waals surface area (Å²) in [4.78, 5) is 25.1. The van der Waals surface area contributed by atoms with Crippen LogP contribution in [0.15, 0.2) is 48.5 Å². The Labute approximate surface area is 160 Å². The maximum Gasteiger partial charge on any atom is 0.227 e. The second-order valence-corrected chi connectivity index (χ2v) is 7.10. The number of carbonyl (C=O) groups excluding carboxylic acids is 2. The minimum atomic E-state index is -0.0732. The van der Waals surface area contributed by atoms with Crippen LogP contribution in [0, 0.1) is 18.8 Å². The first-order chi connectivity index (χ1) is 13.1. The van der Waals surface area contributed by atoms with Crippen LogP contribution in [0.25, 0.3) is 0 Å². The Morgan fingerprint density at radius 1 is 0.889 bits per heavy atom. The number of anilines is 2. The van der Waals surface area contributed by atoms with Crippen LogP contribution in [-0.4, -0.2) is 18.9 Å². The average molecular weight is 366 g/mol. The molecule has 2 aromatic carbocycles. The smallest absolute Gasteiger partial charge is 0.227 e. The van der Waals surface area contributed by atoms with E-state index in [4.69, 9.17) is 4.74 Å². The van der Waals surface area contributed by atoms with E-state index in [9.17, 15) is 9.59 Å². The number of nitrogens with one attached hydrogen (secondary N) is 2. The zero-order valence-corrected chi connectivity index (χ0v) is 15.8. The average Bonchev–Trinajstić information content (AvgIpc) is 2.69. The fourth-order valence-electron chi connectivity index (χ4n) is 3.54. The standard InChI is InChI=1S/C22H26N2O3/c1-15-8-13-20(27-2)19(14-15)24-22(26)17-11-9-16(10-12-17)21(25)23-18-6-4-3-5-7-18/h3-8,13-14,16-17H,9-12H2,1-2H3,(H,23,25)(H,24,26). The van der Waals surface area contributed by atoms with Crippen LogP contribution in [-0.2, 0) is 9.59 Å². The van der Waals surface area contributed by atoms with Crippen LogP contribution in [0.2, 0.25) is 0 Å². The van der Waals surface area contributed by atoms with Gasteiger partial charge in [0, 0.05) is 17.5 Å². The van der Waals surface area contributed by atoms with E-state index in [0.717, 1.165) is 24.1 Å². The molecule has 1 aliphatic carbocycles. The van der Waals surface area contributed by atoms with Crippen LogP contribution in [0.1, 0.15) is 31.2 Å². The van der Waals surface area contributed by atoms with Gasteiger partial charge in [0.05, 0.1) is 12.8 Å². The summed E-state index contributed by atoms with van der Waals surface area (Å²) in [7, 11) is 1.59. The molecule has 1 aliphatic rings. The summed E-state index contributed by atoms with van der Waals surface area (Å²) in [6.45, 7) is 1.98. The molecule has 142 valence electrons. The first-order valence-electron chi connectivity index (χ1n) is 9.38. The Morgan fingerprint density at radius 2 is 1.48 bits per heavy atom. The Kier molecular flexibility index (Phi) is 6.12. The normalized spacial score (nSPS) is 19.2. The van der Waals surface area contributed by atoms with Crippen LogP contribution in [0.4, 0.5) is 11.4 Å². The van der Waals surface area contributed by atoms with Gasteiger partial charge in [-0.3, -0.25) is 9.59 Å². The molecule has 0 atom stereocenters. The lowest BCUT2D eigenvalue weighted by atomic mass is 9.81. The maximum atomic E-state index is 12.6. The Hall–Kier alpha value is -2.82. The molecule has 2 amide bonds. The lowest BCUT2D eigenvalue weighted by molar-refractivity contribution is -0.125. The summed E-state index contributed by atoms with van der Waals surface area (Å²) in [5, 5.41) is 5.95. The van der Waals surface area contributed by atoms with Gasteiger partial charge in [-0.2, -0.15) is 0 Å². The van der Waals surface area contributed by atoms with Crippen molar-refractivity contribution in [2.75, 3.05) is 17.7 Å². The molecule has 0 unspecified atom stereocenters. The summed E-state index contributed by atoms with van der Waals surface area (Å²) >= 11 is 0. The Morgan fingerprint density at radius 3 is 2.07 bits per heavy atom. The highest BCUT2D eigenvalue weighted by molar-refractivity contribution is 5.95. The molecule has 0 bridgehead atoms. The zero-order chi connectivity index (χ0) is 19.2. The second-order valence-electron chi connectivity index (χ2n) is 7.10. The molecule has 0 heterocycles. The molecule has 2 N–H and O–H groups in total. The maximum absolute atomic E-state index is 12.6. The monoisotopic (exact) mass is 366 g/mol. The summed E-state index contributed by atoms with van der Waals surface area (Å²) in [6, 6.07) is 15.2. The van der Waals surface area contributed by atoms with Gasteiger partial charge in [0.25, 0.3) is 0 Å². The van der Waals surface area contributed by atoms with Gasteiger partial charge >= 0.3 is 0 Å². The molecule has 1 fully saturated rings. The summed E-state index contributed by atoms with van der Waals surface area (Å²) in [5.74, 6) is 0.588. The predicted octanol–water partition coefficient (Wildman–Crippen LogP) is 4.39. The van der Waals surface area contributed by atoms with Gasteiger partial charge in [-0.15, -0.1) is 0 Å². The number of amides is 2. The van der Waals surface area contributed by atoms with E-state index in [0.29, 0.717) is 24.3 Å². The lowest BCUT2D eigenvalue weighted by Gasteiger charge is -2.27. The Balaban J connectivity index is 1.53. The Bertz CT molecular complexity index is 796. The molecule has 2 aromatic rings. The molecular weight excluding hydrogens is 340 g/mol. The largest absolute Gasteiger partial charge is 0.495 e. The van der Waals surface area contributed by atoms with Crippen LogP contribution >= 0.6 is 0 Å². The lowest BCUT2D eigenvalue weighted by Crippen LogP contribution is -2.32. The van der Waals surface area contributed by atoms with Crippen LogP contribution in [0.3, 0.4) is 0 Å². The van der Waals surface area contributed by atoms with Crippen molar-refractivity contribution in [1.29, 1.82) is 0 Å². The second kappa shape index (κ2) is 8.71. The number of hydrogen-bond donors (Lipinski definition) is 2. The summed E-state index contributed by atoms with van der Waals surface area (Å²) < 4.78 is 5.33. The van der Waals surface area contributed by atoms with E-state index in [1.807, 2.05) is 55.5 Å². The third-order valence-corrected chi connectivity index (χ3v) is 5.12. The van der Waals surface area contributed by atoms with Gasteiger partial charge < -0.3 is 15.4 Å².